The second-order valence-electron chi connectivity index (χ2n) is 10.4. The average molecular weight is 537 g/mol. The first kappa shape index (κ1) is 27.0. The van der Waals surface area contributed by atoms with Gasteiger partial charge in [0.05, 0.1) is 32.6 Å². The van der Waals surface area contributed by atoms with E-state index >= 15 is 0 Å². The lowest BCUT2D eigenvalue weighted by Crippen LogP contribution is -2.36. The summed E-state index contributed by atoms with van der Waals surface area (Å²) >= 11 is 0. The molecule has 0 saturated carbocycles. The van der Waals surface area contributed by atoms with Gasteiger partial charge in [-0.2, -0.15) is 4.98 Å². The Kier molecular flexibility index (Phi) is 8.07. The second-order valence-corrected chi connectivity index (χ2v) is 10.4. The minimum absolute atomic E-state index is 0.258. The fourth-order valence-electron chi connectivity index (χ4n) is 5.27. The predicted molar refractivity (Wildman–Crippen MR) is 148 cm³/mol. The highest BCUT2D eigenvalue weighted by atomic mass is 19.1. The minimum Gasteiger partial charge on any atom is -0.493 e. The number of nitrogens with zero attached hydrogens (tertiary/aromatic N) is 4. The summed E-state index contributed by atoms with van der Waals surface area (Å²) in [6.07, 6.45) is 3.02. The van der Waals surface area contributed by atoms with E-state index in [2.05, 4.69) is 16.7 Å². The van der Waals surface area contributed by atoms with Crippen LogP contribution in [0.5, 0.6) is 28.9 Å². The van der Waals surface area contributed by atoms with Crippen LogP contribution in [0.4, 0.5) is 10.3 Å². The van der Waals surface area contributed by atoms with Crippen molar-refractivity contribution < 1.29 is 23.3 Å². The van der Waals surface area contributed by atoms with Gasteiger partial charge in [-0.05, 0) is 67.1 Å². The van der Waals surface area contributed by atoms with Crippen LogP contribution in [0.15, 0.2) is 30.3 Å². The maximum absolute atomic E-state index is 13.9. The standard InChI is InChI=1S/C30H37FN4O4/c1-19-8-12-35(13-9-19)30-32-25-10-11-34(17-21-15-26(36-3)28(38-5)27(16-21)37-4)18-23(25)29(33-30)39-22-6-7-24(31)20(2)14-22/h6-7,14-16,19H,8-13,17-18H2,1-5H3. The molecule has 2 aromatic carbocycles. The van der Waals surface area contributed by atoms with Crippen molar-refractivity contribution in [3.8, 4) is 28.9 Å². The molecule has 3 aromatic rings. The Labute approximate surface area is 229 Å². The monoisotopic (exact) mass is 536 g/mol. The highest BCUT2D eigenvalue weighted by Crippen LogP contribution is 2.39. The van der Waals surface area contributed by atoms with Crippen LogP contribution in [0.2, 0.25) is 0 Å². The van der Waals surface area contributed by atoms with Gasteiger partial charge in [0.25, 0.3) is 0 Å². The second kappa shape index (κ2) is 11.7. The number of anilines is 1. The number of methoxy groups -OCH3 is 3. The molecular formula is C30H37FN4O4. The van der Waals surface area contributed by atoms with Crippen LogP contribution in [0.25, 0.3) is 0 Å². The van der Waals surface area contributed by atoms with Gasteiger partial charge in [0.1, 0.15) is 11.6 Å². The molecule has 0 radical (unpaired) electrons. The fraction of sp³-hybridized carbons (Fsp3) is 0.467. The van der Waals surface area contributed by atoms with E-state index in [9.17, 15) is 4.39 Å². The number of rotatable bonds is 8. The van der Waals surface area contributed by atoms with E-state index in [-0.39, 0.29) is 5.82 Å². The smallest absolute Gasteiger partial charge is 0.228 e. The Morgan fingerprint density at radius 3 is 2.31 bits per heavy atom. The number of piperidine rings is 1. The molecule has 208 valence electrons. The van der Waals surface area contributed by atoms with Crippen LogP contribution in [-0.2, 0) is 19.5 Å². The van der Waals surface area contributed by atoms with Gasteiger partial charge in [-0.1, -0.05) is 6.92 Å². The molecule has 9 heteroatoms. The zero-order valence-corrected chi connectivity index (χ0v) is 23.4. The van der Waals surface area contributed by atoms with Crippen LogP contribution in [0.1, 0.15) is 42.1 Å². The number of halogens is 1. The third kappa shape index (κ3) is 5.88. The molecule has 3 heterocycles. The molecule has 1 aromatic heterocycles. The molecule has 0 aliphatic carbocycles. The summed E-state index contributed by atoms with van der Waals surface area (Å²) < 4.78 is 36.9. The van der Waals surface area contributed by atoms with Crippen molar-refractivity contribution in [2.24, 2.45) is 5.92 Å². The van der Waals surface area contributed by atoms with Gasteiger partial charge < -0.3 is 23.8 Å². The van der Waals surface area contributed by atoms with Crippen LogP contribution in [-0.4, -0.2) is 55.8 Å². The Hall–Kier alpha value is -3.59. The lowest BCUT2D eigenvalue weighted by atomic mass is 9.99. The molecule has 2 aliphatic heterocycles. The predicted octanol–water partition coefficient (Wildman–Crippen LogP) is 5.54. The molecule has 0 bridgehead atoms. The highest BCUT2D eigenvalue weighted by Gasteiger charge is 2.27. The van der Waals surface area contributed by atoms with Gasteiger partial charge >= 0.3 is 0 Å². The third-order valence-corrected chi connectivity index (χ3v) is 7.63. The number of aryl methyl sites for hydroxylation is 1. The van der Waals surface area contributed by atoms with Crippen molar-refractivity contribution in [1.29, 1.82) is 0 Å². The summed E-state index contributed by atoms with van der Waals surface area (Å²) in [5.74, 6) is 4.10. The molecule has 39 heavy (non-hydrogen) atoms. The van der Waals surface area contributed by atoms with Crippen molar-refractivity contribution in [3.63, 3.8) is 0 Å². The largest absolute Gasteiger partial charge is 0.493 e. The van der Waals surface area contributed by atoms with E-state index in [1.54, 1.807) is 40.4 Å². The minimum atomic E-state index is -0.258. The molecule has 0 unspecified atom stereocenters. The SMILES string of the molecule is COc1cc(CN2CCc3nc(N4CCC(C)CC4)nc(Oc4ccc(F)c(C)c4)c3C2)cc(OC)c1OC. The van der Waals surface area contributed by atoms with Gasteiger partial charge in [-0.15, -0.1) is 0 Å². The van der Waals surface area contributed by atoms with Gasteiger partial charge in [-0.25, -0.2) is 9.37 Å². The van der Waals surface area contributed by atoms with Gasteiger partial charge in [0, 0.05) is 39.1 Å². The lowest BCUT2D eigenvalue weighted by Gasteiger charge is -2.33. The topological polar surface area (TPSA) is 69.2 Å². The van der Waals surface area contributed by atoms with E-state index in [0.29, 0.717) is 59.4 Å². The quantitative estimate of drug-likeness (QED) is 0.372. The Balaban J connectivity index is 1.45. The number of benzene rings is 2. The van der Waals surface area contributed by atoms with Crippen molar-refractivity contribution in [2.45, 2.75) is 46.2 Å². The van der Waals surface area contributed by atoms with Crippen LogP contribution < -0.4 is 23.8 Å². The summed E-state index contributed by atoms with van der Waals surface area (Å²) in [5, 5.41) is 0. The molecule has 5 rings (SSSR count). The van der Waals surface area contributed by atoms with Crippen molar-refractivity contribution in [1.82, 2.24) is 14.9 Å². The lowest BCUT2D eigenvalue weighted by molar-refractivity contribution is 0.237. The molecule has 8 nitrogen and oxygen atoms in total. The van der Waals surface area contributed by atoms with E-state index in [4.69, 9.17) is 28.9 Å². The normalized spacial score (nSPS) is 16.1. The molecule has 1 saturated heterocycles. The van der Waals surface area contributed by atoms with Crippen molar-refractivity contribution >= 4 is 5.95 Å². The Morgan fingerprint density at radius 2 is 1.67 bits per heavy atom. The first-order valence-corrected chi connectivity index (χ1v) is 13.5. The first-order valence-electron chi connectivity index (χ1n) is 13.5. The first-order chi connectivity index (χ1) is 18.9. The van der Waals surface area contributed by atoms with E-state index in [1.807, 2.05) is 12.1 Å². The van der Waals surface area contributed by atoms with Crippen molar-refractivity contribution in [3.05, 3.63) is 58.5 Å². The molecule has 0 spiro atoms. The maximum atomic E-state index is 13.9. The highest BCUT2D eigenvalue weighted by molar-refractivity contribution is 5.54. The Morgan fingerprint density at radius 1 is 0.949 bits per heavy atom. The van der Waals surface area contributed by atoms with E-state index < -0.39 is 0 Å². The Bertz CT molecular complexity index is 1300. The summed E-state index contributed by atoms with van der Waals surface area (Å²) in [7, 11) is 4.85. The molecule has 0 N–H and O–H groups in total. The third-order valence-electron chi connectivity index (χ3n) is 7.63. The van der Waals surface area contributed by atoms with Crippen LogP contribution in [0, 0.1) is 18.7 Å². The van der Waals surface area contributed by atoms with Crippen molar-refractivity contribution in [2.75, 3.05) is 45.9 Å². The zero-order chi connectivity index (χ0) is 27.5. The molecule has 1 fully saturated rings. The molecular weight excluding hydrogens is 499 g/mol. The zero-order valence-electron chi connectivity index (χ0n) is 23.4. The number of fused-ring (bicyclic) bond motifs is 1. The molecule has 0 amide bonds. The molecule has 0 atom stereocenters. The van der Waals surface area contributed by atoms with E-state index in [1.165, 1.54) is 6.07 Å². The number of hydrogen-bond donors (Lipinski definition) is 0. The van der Waals surface area contributed by atoms with Gasteiger partial charge in [0.15, 0.2) is 11.5 Å². The number of hydrogen-bond acceptors (Lipinski definition) is 8. The maximum Gasteiger partial charge on any atom is 0.228 e. The summed E-state index contributed by atoms with van der Waals surface area (Å²) in [4.78, 5) is 14.5. The van der Waals surface area contributed by atoms with Gasteiger partial charge in [-0.3, -0.25) is 4.90 Å². The molecule has 2 aliphatic rings. The number of ether oxygens (including phenoxy) is 4. The van der Waals surface area contributed by atoms with Crippen LogP contribution >= 0.6 is 0 Å². The summed E-state index contributed by atoms with van der Waals surface area (Å²) in [6, 6.07) is 8.75. The number of aromatic nitrogens is 2. The van der Waals surface area contributed by atoms with E-state index in [0.717, 1.165) is 55.7 Å². The summed E-state index contributed by atoms with van der Waals surface area (Å²) in [6.45, 7) is 8.03. The summed E-state index contributed by atoms with van der Waals surface area (Å²) in [5.41, 5.74) is 3.55. The average Bonchev–Trinajstić information content (AvgIpc) is 2.95. The van der Waals surface area contributed by atoms with Gasteiger partial charge in [0.2, 0.25) is 17.6 Å². The van der Waals surface area contributed by atoms with Crippen LogP contribution in [0.3, 0.4) is 0 Å². The fourth-order valence-corrected chi connectivity index (χ4v) is 5.27.